The number of thiophene rings is 1. The molecular weight excluding hydrogens is 470 g/mol. The van der Waals surface area contributed by atoms with Crippen LogP contribution in [0.1, 0.15) is 50.8 Å². The SMILES string of the molecule is CCN(CC)S(=O)(=O)c1scc(Nc2nsnc2N[C@@H](c2cc(C)c(C)o2)C(C)C)c1O. The van der Waals surface area contributed by atoms with Gasteiger partial charge in [-0.25, -0.2) is 8.42 Å². The van der Waals surface area contributed by atoms with Crippen molar-refractivity contribution in [3.8, 4) is 5.75 Å². The number of rotatable bonds is 10. The van der Waals surface area contributed by atoms with E-state index in [1.54, 1.807) is 19.2 Å². The van der Waals surface area contributed by atoms with Gasteiger partial charge in [0, 0.05) is 18.5 Å². The Morgan fingerprint density at radius 3 is 2.41 bits per heavy atom. The molecule has 3 aromatic heterocycles. The Labute approximate surface area is 196 Å². The Balaban J connectivity index is 1.86. The minimum atomic E-state index is -3.77. The maximum Gasteiger partial charge on any atom is 0.256 e. The van der Waals surface area contributed by atoms with E-state index < -0.39 is 10.0 Å². The molecule has 0 saturated heterocycles. The zero-order chi connectivity index (χ0) is 23.6. The predicted molar refractivity (Wildman–Crippen MR) is 129 cm³/mol. The number of aryl methyl sites for hydroxylation is 2. The lowest BCUT2D eigenvalue weighted by Gasteiger charge is -2.20. The third-order valence-electron chi connectivity index (χ3n) is 5.20. The maximum atomic E-state index is 12.8. The van der Waals surface area contributed by atoms with Crippen LogP contribution in [0.25, 0.3) is 0 Å². The first-order chi connectivity index (χ1) is 15.1. The molecule has 0 unspecified atom stereocenters. The summed E-state index contributed by atoms with van der Waals surface area (Å²) in [6.07, 6.45) is 0. The van der Waals surface area contributed by atoms with Gasteiger partial charge in [0.25, 0.3) is 10.0 Å². The van der Waals surface area contributed by atoms with Gasteiger partial charge in [0.15, 0.2) is 21.6 Å². The lowest BCUT2D eigenvalue weighted by molar-refractivity contribution is 0.408. The summed E-state index contributed by atoms with van der Waals surface area (Å²) in [5.74, 6) is 2.46. The smallest absolute Gasteiger partial charge is 0.256 e. The van der Waals surface area contributed by atoms with Gasteiger partial charge < -0.3 is 20.2 Å². The van der Waals surface area contributed by atoms with Crippen molar-refractivity contribution < 1.29 is 17.9 Å². The molecule has 0 aromatic carbocycles. The number of aromatic nitrogens is 2. The molecule has 0 aliphatic carbocycles. The van der Waals surface area contributed by atoms with E-state index >= 15 is 0 Å². The van der Waals surface area contributed by atoms with Crippen LogP contribution in [0.5, 0.6) is 5.75 Å². The topological polar surface area (TPSA) is 121 Å². The van der Waals surface area contributed by atoms with Crippen molar-refractivity contribution in [2.24, 2.45) is 5.92 Å². The molecular formula is C20H29N5O4S3. The quantitative estimate of drug-likeness (QED) is 0.352. The fourth-order valence-corrected chi connectivity index (χ4v) is 6.56. The van der Waals surface area contributed by atoms with Crippen LogP contribution < -0.4 is 10.6 Å². The highest BCUT2D eigenvalue weighted by molar-refractivity contribution is 7.91. The summed E-state index contributed by atoms with van der Waals surface area (Å²) in [7, 11) is -3.77. The van der Waals surface area contributed by atoms with Crippen LogP contribution in [0.2, 0.25) is 0 Å². The largest absolute Gasteiger partial charge is 0.504 e. The number of sulfonamides is 1. The number of nitrogens with zero attached hydrogens (tertiary/aromatic N) is 3. The van der Waals surface area contributed by atoms with E-state index in [1.165, 1.54) is 4.31 Å². The van der Waals surface area contributed by atoms with Crippen LogP contribution in [-0.4, -0.2) is 39.7 Å². The summed E-state index contributed by atoms with van der Waals surface area (Å²) >= 11 is 1.98. The molecule has 0 bridgehead atoms. The minimum Gasteiger partial charge on any atom is -0.504 e. The van der Waals surface area contributed by atoms with Crippen molar-refractivity contribution in [3.63, 3.8) is 0 Å². The summed E-state index contributed by atoms with van der Waals surface area (Å²) in [4.78, 5) is 0. The van der Waals surface area contributed by atoms with Crippen LogP contribution in [0.4, 0.5) is 17.3 Å². The number of furan rings is 1. The monoisotopic (exact) mass is 499 g/mol. The van der Waals surface area contributed by atoms with E-state index in [0.717, 1.165) is 40.1 Å². The zero-order valence-corrected chi connectivity index (χ0v) is 21.4. The third-order valence-corrected chi connectivity index (χ3v) is 9.27. The fourth-order valence-electron chi connectivity index (χ4n) is 3.25. The second kappa shape index (κ2) is 9.77. The Kier molecular flexibility index (Phi) is 7.48. The first-order valence-corrected chi connectivity index (χ1v) is 13.4. The molecule has 0 radical (unpaired) electrons. The van der Waals surface area contributed by atoms with Crippen molar-refractivity contribution in [2.45, 2.75) is 51.8 Å². The predicted octanol–water partition coefficient (Wildman–Crippen LogP) is 5.10. The van der Waals surface area contributed by atoms with E-state index in [2.05, 4.69) is 33.2 Å². The summed E-state index contributed by atoms with van der Waals surface area (Å²) in [5, 5.41) is 18.6. The van der Waals surface area contributed by atoms with Crippen molar-refractivity contribution in [1.29, 1.82) is 0 Å². The first-order valence-electron chi connectivity index (χ1n) is 10.3. The number of hydrogen-bond donors (Lipinski definition) is 3. The highest BCUT2D eigenvalue weighted by Crippen LogP contribution is 2.41. The number of anilines is 3. The van der Waals surface area contributed by atoms with Gasteiger partial charge in [-0.1, -0.05) is 27.7 Å². The molecule has 0 aliphatic heterocycles. The lowest BCUT2D eigenvalue weighted by atomic mass is 10.0. The molecule has 3 heterocycles. The molecule has 9 nitrogen and oxygen atoms in total. The Hall–Kier alpha value is -2.15. The number of aromatic hydroxyl groups is 1. The molecule has 0 aliphatic rings. The van der Waals surface area contributed by atoms with Crippen molar-refractivity contribution in [2.75, 3.05) is 23.7 Å². The molecule has 3 N–H and O–H groups in total. The molecule has 0 spiro atoms. The van der Waals surface area contributed by atoms with Crippen LogP contribution in [0, 0.1) is 19.8 Å². The van der Waals surface area contributed by atoms with Crippen LogP contribution >= 0.6 is 23.1 Å². The van der Waals surface area contributed by atoms with Crippen LogP contribution in [0.15, 0.2) is 20.1 Å². The summed E-state index contributed by atoms with van der Waals surface area (Å²) < 4.78 is 41.4. The molecule has 32 heavy (non-hydrogen) atoms. The Bertz CT molecular complexity index is 1140. The highest BCUT2D eigenvalue weighted by Gasteiger charge is 2.29. The average molecular weight is 500 g/mol. The summed E-state index contributed by atoms with van der Waals surface area (Å²) in [6, 6.07) is 1.87. The van der Waals surface area contributed by atoms with Gasteiger partial charge in [0.2, 0.25) is 0 Å². The van der Waals surface area contributed by atoms with E-state index in [1.807, 2.05) is 19.9 Å². The number of hydrogen-bond acceptors (Lipinski definition) is 10. The Morgan fingerprint density at radius 2 is 1.84 bits per heavy atom. The fraction of sp³-hybridized carbons (Fsp3) is 0.500. The van der Waals surface area contributed by atoms with Crippen molar-refractivity contribution in [1.82, 2.24) is 13.1 Å². The van der Waals surface area contributed by atoms with Gasteiger partial charge in [0.05, 0.1) is 23.5 Å². The minimum absolute atomic E-state index is 0.0945. The van der Waals surface area contributed by atoms with Gasteiger partial charge in [-0.05, 0) is 31.4 Å². The van der Waals surface area contributed by atoms with Gasteiger partial charge in [-0.3, -0.25) is 0 Å². The van der Waals surface area contributed by atoms with E-state index in [-0.39, 0.29) is 27.6 Å². The van der Waals surface area contributed by atoms with Gasteiger partial charge in [-0.15, -0.1) is 11.3 Å². The molecule has 3 aromatic rings. The summed E-state index contributed by atoms with van der Waals surface area (Å²) in [6.45, 7) is 12.3. The molecule has 176 valence electrons. The molecule has 0 saturated carbocycles. The van der Waals surface area contributed by atoms with Crippen LogP contribution in [-0.2, 0) is 10.0 Å². The molecule has 3 rings (SSSR count). The maximum absolute atomic E-state index is 12.8. The molecule has 12 heteroatoms. The third kappa shape index (κ3) is 4.77. The average Bonchev–Trinajstić information content (AvgIpc) is 3.41. The molecule has 0 fully saturated rings. The highest BCUT2D eigenvalue weighted by atomic mass is 32.2. The van der Waals surface area contributed by atoms with E-state index in [4.69, 9.17) is 4.42 Å². The first kappa shape index (κ1) is 24.5. The van der Waals surface area contributed by atoms with Gasteiger partial charge in [0.1, 0.15) is 11.5 Å². The second-order valence-corrected chi connectivity index (χ2v) is 11.3. The van der Waals surface area contributed by atoms with Crippen molar-refractivity contribution in [3.05, 3.63) is 28.5 Å². The summed E-state index contributed by atoms with van der Waals surface area (Å²) in [5.41, 5.74) is 1.34. The zero-order valence-electron chi connectivity index (χ0n) is 19.0. The number of nitrogens with one attached hydrogen (secondary N) is 2. The van der Waals surface area contributed by atoms with Crippen LogP contribution in [0.3, 0.4) is 0 Å². The Morgan fingerprint density at radius 1 is 1.19 bits per heavy atom. The van der Waals surface area contributed by atoms with Gasteiger partial charge in [-0.2, -0.15) is 13.1 Å². The molecule has 1 atom stereocenters. The normalized spacial score (nSPS) is 13.1. The molecule has 0 amide bonds. The van der Waals surface area contributed by atoms with Crippen molar-refractivity contribution >= 4 is 50.4 Å². The standard InChI is InChI=1S/C20H29N5O4S3/c1-7-25(8-2)32(27,28)20-17(26)14(10-30-20)21-18-19(24-31-23-18)22-16(11(3)4)15-9-12(5)13(6)29-15/h9-11,16,26H,7-8H2,1-6H3,(H,21,23)(H,22,24)/t16-/m1/s1. The lowest BCUT2D eigenvalue weighted by Crippen LogP contribution is -2.30. The van der Waals surface area contributed by atoms with E-state index in [9.17, 15) is 13.5 Å². The van der Waals surface area contributed by atoms with E-state index in [0.29, 0.717) is 24.7 Å². The second-order valence-electron chi connectivity index (χ2n) is 7.72. The van der Waals surface area contributed by atoms with Gasteiger partial charge >= 0.3 is 0 Å².